The molecule has 172 valence electrons. The minimum absolute atomic E-state index is 0.0408. The van der Waals surface area contributed by atoms with Crippen molar-refractivity contribution in [3.63, 3.8) is 0 Å². The van der Waals surface area contributed by atoms with E-state index in [0.29, 0.717) is 6.42 Å². The Balaban J connectivity index is 3.67. The third-order valence-electron chi connectivity index (χ3n) is 4.67. The predicted octanol–water partition coefficient (Wildman–Crippen LogP) is 6.25. The fourth-order valence-electron chi connectivity index (χ4n) is 3.07. The van der Waals surface area contributed by atoms with Crippen molar-refractivity contribution in [1.29, 1.82) is 0 Å². The standard InChI is InChI=1S/C25H42O5/c1-4-5-6-7-8-9-10-11-12-13-14-15-16-17-18-19-24(28)20-25(30-23(3)27)21-29-22(2)26/h8-9,11-12,25H,4-7,10,13-21H2,1-3H3/b9-8+,12-11+/t25-/m1/s1. The van der Waals surface area contributed by atoms with Crippen molar-refractivity contribution in [2.45, 2.75) is 110 Å². The van der Waals surface area contributed by atoms with Gasteiger partial charge >= 0.3 is 11.9 Å². The van der Waals surface area contributed by atoms with Gasteiger partial charge in [0.1, 0.15) is 18.5 Å². The van der Waals surface area contributed by atoms with Gasteiger partial charge < -0.3 is 9.47 Å². The molecule has 0 aliphatic heterocycles. The van der Waals surface area contributed by atoms with Crippen molar-refractivity contribution >= 4 is 17.7 Å². The van der Waals surface area contributed by atoms with Crippen molar-refractivity contribution in [2.75, 3.05) is 6.61 Å². The molecule has 0 N–H and O–H groups in total. The van der Waals surface area contributed by atoms with E-state index in [0.717, 1.165) is 32.1 Å². The fraction of sp³-hybridized carbons (Fsp3) is 0.720. The molecule has 0 aliphatic rings. The summed E-state index contributed by atoms with van der Waals surface area (Å²) in [6.45, 7) is 4.73. The highest BCUT2D eigenvalue weighted by Crippen LogP contribution is 2.11. The maximum absolute atomic E-state index is 12.1. The molecule has 5 nitrogen and oxygen atoms in total. The van der Waals surface area contributed by atoms with Gasteiger partial charge in [-0.2, -0.15) is 0 Å². The third-order valence-corrected chi connectivity index (χ3v) is 4.67. The highest BCUT2D eigenvalue weighted by Gasteiger charge is 2.18. The molecule has 0 rings (SSSR count). The number of carbonyl (C=O) groups is 3. The molecule has 5 heteroatoms. The van der Waals surface area contributed by atoms with Gasteiger partial charge in [0, 0.05) is 26.7 Å². The smallest absolute Gasteiger partial charge is 0.303 e. The molecule has 0 amide bonds. The molecule has 0 aromatic carbocycles. The van der Waals surface area contributed by atoms with Gasteiger partial charge in [0.05, 0.1) is 0 Å². The molecule has 0 saturated heterocycles. The third kappa shape index (κ3) is 20.8. The number of hydrogen-bond donors (Lipinski definition) is 0. The summed E-state index contributed by atoms with van der Waals surface area (Å²) in [6.07, 6.45) is 21.5. The summed E-state index contributed by atoms with van der Waals surface area (Å²) >= 11 is 0. The van der Waals surface area contributed by atoms with E-state index in [1.54, 1.807) is 0 Å². The van der Waals surface area contributed by atoms with E-state index >= 15 is 0 Å². The second-order valence-corrected chi connectivity index (χ2v) is 7.76. The van der Waals surface area contributed by atoms with Crippen LogP contribution in [-0.4, -0.2) is 30.4 Å². The summed E-state index contributed by atoms with van der Waals surface area (Å²) in [4.78, 5) is 34.1. The van der Waals surface area contributed by atoms with Crippen LogP contribution in [0.2, 0.25) is 0 Å². The number of ketones is 1. The first-order chi connectivity index (χ1) is 14.5. The highest BCUT2D eigenvalue weighted by atomic mass is 16.6. The minimum atomic E-state index is -0.683. The Labute approximate surface area is 183 Å². The average molecular weight is 423 g/mol. The lowest BCUT2D eigenvalue weighted by atomic mass is 10.0. The molecule has 30 heavy (non-hydrogen) atoms. The lowest BCUT2D eigenvalue weighted by Crippen LogP contribution is -2.26. The van der Waals surface area contributed by atoms with Crippen LogP contribution in [0.4, 0.5) is 0 Å². The molecule has 0 aromatic heterocycles. The SMILES string of the molecule is CCCCC/C=C/C/C=C/CCCCCCCC(=O)C[C@H](COC(C)=O)OC(C)=O. The molecule has 0 fully saturated rings. The van der Waals surface area contributed by atoms with Crippen molar-refractivity contribution in [2.24, 2.45) is 0 Å². The topological polar surface area (TPSA) is 69.7 Å². The molecule has 0 heterocycles. The van der Waals surface area contributed by atoms with Crippen molar-refractivity contribution in [3.8, 4) is 0 Å². The zero-order chi connectivity index (χ0) is 22.5. The Kier molecular flexibility index (Phi) is 19.1. The zero-order valence-corrected chi connectivity index (χ0v) is 19.3. The Morgan fingerprint density at radius 1 is 0.767 bits per heavy atom. The molecule has 1 atom stereocenters. The van der Waals surface area contributed by atoms with E-state index in [1.165, 1.54) is 52.4 Å². The first-order valence-electron chi connectivity index (χ1n) is 11.6. The van der Waals surface area contributed by atoms with Crippen molar-refractivity contribution in [3.05, 3.63) is 24.3 Å². The average Bonchev–Trinajstić information content (AvgIpc) is 2.68. The highest BCUT2D eigenvalue weighted by molar-refractivity contribution is 5.79. The Morgan fingerprint density at radius 3 is 1.97 bits per heavy atom. The van der Waals surface area contributed by atoms with Gasteiger partial charge in [-0.05, 0) is 38.5 Å². The summed E-state index contributed by atoms with van der Waals surface area (Å²) in [5.74, 6) is -0.885. The van der Waals surface area contributed by atoms with E-state index < -0.39 is 18.0 Å². The van der Waals surface area contributed by atoms with Gasteiger partial charge in [0.15, 0.2) is 0 Å². The van der Waals surface area contributed by atoms with Crippen LogP contribution in [0.25, 0.3) is 0 Å². The minimum Gasteiger partial charge on any atom is -0.462 e. The first kappa shape index (κ1) is 28.1. The van der Waals surface area contributed by atoms with Crippen LogP contribution in [0.3, 0.4) is 0 Å². The van der Waals surface area contributed by atoms with Crippen LogP contribution in [0.1, 0.15) is 104 Å². The van der Waals surface area contributed by atoms with Crippen molar-refractivity contribution < 1.29 is 23.9 Å². The van der Waals surface area contributed by atoms with Crippen LogP contribution < -0.4 is 0 Å². The largest absolute Gasteiger partial charge is 0.462 e. The molecular formula is C25H42O5. The van der Waals surface area contributed by atoms with Crippen LogP contribution in [0.5, 0.6) is 0 Å². The van der Waals surface area contributed by atoms with Gasteiger partial charge in [0.2, 0.25) is 0 Å². The quantitative estimate of drug-likeness (QED) is 0.140. The van der Waals surface area contributed by atoms with Gasteiger partial charge in [-0.3, -0.25) is 14.4 Å². The Hall–Kier alpha value is -1.91. The first-order valence-corrected chi connectivity index (χ1v) is 11.6. The van der Waals surface area contributed by atoms with Crippen LogP contribution in [-0.2, 0) is 23.9 Å². The number of unbranched alkanes of at least 4 members (excludes halogenated alkanes) is 8. The summed E-state index contributed by atoms with van der Waals surface area (Å²) in [5.41, 5.74) is 0. The molecule has 0 aromatic rings. The normalized spacial score (nSPS) is 12.4. The van der Waals surface area contributed by atoms with E-state index in [-0.39, 0.29) is 18.8 Å². The van der Waals surface area contributed by atoms with E-state index in [9.17, 15) is 14.4 Å². The number of allylic oxidation sites excluding steroid dienone is 4. The molecular weight excluding hydrogens is 380 g/mol. The second-order valence-electron chi connectivity index (χ2n) is 7.76. The summed E-state index contributed by atoms with van der Waals surface area (Å²) in [6, 6.07) is 0. The number of esters is 2. The molecule has 0 unspecified atom stereocenters. The van der Waals surface area contributed by atoms with Gasteiger partial charge in [-0.15, -0.1) is 0 Å². The summed E-state index contributed by atoms with van der Waals surface area (Å²) < 4.78 is 9.91. The molecule has 0 radical (unpaired) electrons. The molecule has 0 saturated carbocycles. The number of Topliss-reactive ketones (excluding diaryl/α,β-unsaturated/α-hetero) is 1. The zero-order valence-electron chi connectivity index (χ0n) is 19.3. The van der Waals surface area contributed by atoms with E-state index in [4.69, 9.17) is 9.47 Å². The van der Waals surface area contributed by atoms with Gasteiger partial charge in [-0.1, -0.05) is 63.3 Å². The molecule has 0 spiro atoms. The number of ether oxygens (including phenoxy) is 2. The van der Waals surface area contributed by atoms with Crippen LogP contribution >= 0.6 is 0 Å². The summed E-state index contributed by atoms with van der Waals surface area (Å²) in [7, 11) is 0. The lowest BCUT2D eigenvalue weighted by molar-refractivity contribution is -0.157. The lowest BCUT2D eigenvalue weighted by Gasteiger charge is -2.15. The number of rotatable bonds is 19. The van der Waals surface area contributed by atoms with Crippen LogP contribution in [0, 0.1) is 0 Å². The van der Waals surface area contributed by atoms with E-state index in [2.05, 4.69) is 31.2 Å². The number of carbonyl (C=O) groups excluding carboxylic acids is 3. The predicted molar refractivity (Wildman–Crippen MR) is 121 cm³/mol. The fourth-order valence-corrected chi connectivity index (χ4v) is 3.07. The van der Waals surface area contributed by atoms with E-state index in [1.807, 2.05) is 0 Å². The molecule has 0 aliphatic carbocycles. The maximum Gasteiger partial charge on any atom is 0.303 e. The van der Waals surface area contributed by atoms with Crippen molar-refractivity contribution in [1.82, 2.24) is 0 Å². The van der Waals surface area contributed by atoms with Crippen LogP contribution in [0.15, 0.2) is 24.3 Å². The van der Waals surface area contributed by atoms with Gasteiger partial charge in [-0.25, -0.2) is 0 Å². The molecule has 0 bridgehead atoms. The summed E-state index contributed by atoms with van der Waals surface area (Å²) in [5, 5.41) is 0. The second kappa shape index (κ2) is 20.4. The monoisotopic (exact) mass is 422 g/mol. The van der Waals surface area contributed by atoms with Gasteiger partial charge in [0.25, 0.3) is 0 Å². The number of hydrogen-bond acceptors (Lipinski definition) is 5. The Bertz CT molecular complexity index is 522. The maximum atomic E-state index is 12.1. The Morgan fingerprint density at radius 2 is 1.37 bits per heavy atom.